The second kappa shape index (κ2) is 7.12. The van der Waals surface area contributed by atoms with Crippen molar-refractivity contribution in [1.82, 2.24) is 8.61 Å². The van der Waals surface area contributed by atoms with Gasteiger partial charge in [-0.05, 0) is 54.1 Å². The van der Waals surface area contributed by atoms with Crippen LogP contribution in [0, 0.1) is 11.6 Å². The van der Waals surface area contributed by atoms with E-state index in [1.54, 1.807) is 0 Å². The van der Waals surface area contributed by atoms with E-state index in [1.165, 1.54) is 0 Å². The molecule has 27 heavy (non-hydrogen) atoms. The molecular weight excluding hydrogens is 398 g/mol. The highest BCUT2D eigenvalue weighted by atomic mass is 32.2. The van der Waals surface area contributed by atoms with Crippen LogP contribution in [0.2, 0.25) is 0 Å². The topological polar surface area (TPSA) is 74.8 Å². The monoisotopic (exact) mass is 414 g/mol. The Bertz CT molecular complexity index is 981. The van der Waals surface area contributed by atoms with Crippen LogP contribution in [0.25, 0.3) is 0 Å². The van der Waals surface area contributed by atoms with Gasteiger partial charge in [0.25, 0.3) is 0 Å². The summed E-state index contributed by atoms with van der Waals surface area (Å²) in [5.41, 5.74) is 0.373. The van der Waals surface area contributed by atoms with E-state index in [1.807, 2.05) is 0 Å². The van der Waals surface area contributed by atoms with Gasteiger partial charge in [0, 0.05) is 13.1 Å². The molecule has 2 aromatic rings. The summed E-state index contributed by atoms with van der Waals surface area (Å²) >= 11 is 0. The van der Waals surface area contributed by atoms with Crippen LogP contribution >= 0.6 is 0 Å². The van der Waals surface area contributed by atoms with Gasteiger partial charge in [-0.2, -0.15) is 8.61 Å². The van der Waals surface area contributed by atoms with Gasteiger partial charge in [0.05, 0.1) is 16.5 Å². The number of hydrogen-bond acceptors (Lipinski definition) is 4. The Morgan fingerprint density at radius 3 is 1.37 bits per heavy atom. The van der Waals surface area contributed by atoms with Gasteiger partial charge in [-0.15, -0.1) is 0 Å². The fourth-order valence-electron chi connectivity index (χ4n) is 2.66. The highest BCUT2D eigenvalue weighted by Gasteiger charge is 2.36. The van der Waals surface area contributed by atoms with E-state index in [0.29, 0.717) is 5.57 Å². The summed E-state index contributed by atoms with van der Waals surface area (Å²) in [7, 11) is -8.11. The maximum absolute atomic E-state index is 13.1. The zero-order chi connectivity index (χ0) is 19.8. The third-order valence-electron chi connectivity index (χ3n) is 4.02. The van der Waals surface area contributed by atoms with Gasteiger partial charge in [0.15, 0.2) is 0 Å². The van der Waals surface area contributed by atoms with Crippen LogP contribution in [0.5, 0.6) is 0 Å². The van der Waals surface area contributed by atoms with Crippen LogP contribution in [0.4, 0.5) is 8.78 Å². The van der Waals surface area contributed by atoms with Crippen molar-refractivity contribution in [2.24, 2.45) is 0 Å². The van der Waals surface area contributed by atoms with Crippen molar-refractivity contribution in [3.63, 3.8) is 0 Å². The van der Waals surface area contributed by atoms with Crippen molar-refractivity contribution in [3.05, 3.63) is 72.3 Å². The smallest absolute Gasteiger partial charge is 0.207 e. The Hall–Kier alpha value is -2.14. The summed E-state index contributed by atoms with van der Waals surface area (Å²) in [6, 6.07) is 8.50. The lowest BCUT2D eigenvalue weighted by Crippen LogP contribution is -2.50. The van der Waals surface area contributed by atoms with E-state index in [2.05, 4.69) is 6.58 Å². The van der Waals surface area contributed by atoms with Crippen LogP contribution in [-0.4, -0.2) is 45.2 Å². The maximum Gasteiger partial charge on any atom is 0.244 e. The molecule has 1 fully saturated rings. The van der Waals surface area contributed by atoms with Crippen molar-refractivity contribution in [2.45, 2.75) is 9.79 Å². The number of nitrogens with zero attached hydrogens (tertiary/aromatic N) is 2. The Labute approximate surface area is 156 Å². The molecule has 144 valence electrons. The minimum absolute atomic E-state index is 0.0604. The lowest BCUT2D eigenvalue weighted by Gasteiger charge is -2.35. The van der Waals surface area contributed by atoms with Crippen LogP contribution < -0.4 is 0 Å². The van der Waals surface area contributed by atoms with Crippen molar-refractivity contribution in [2.75, 3.05) is 19.8 Å². The average Bonchev–Trinajstić information content (AvgIpc) is 2.62. The van der Waals surface area contributed by atoms with Gasteiger partial charge in [-0.3, -0.25) is 0 Å². The molecule has 0 atom stereocenters. The summed E-state index contributed by atoms with van der Waals surface area (Å²) < 4.78 is 79.2. The second-order valence-corrected chi connectivity index (χ2v) is 9.91. The maximum atomic E-state index is 13.1. The fourth-order valence-corrected chi connectivity index (χ4v) is 5.58. The molecule has 0 aromatic heterocycles. The first kappa shape index (κ1) is 19.6. The fraction of sp³-hybridized carbons (Fsp3) is 0.176. The summed E-state index contributed by atoms with van der Waals surface area (Å²) in [6.07, 6.45) is 0. The predicted molar refractivity (Wildman–Crippen MR) is 94.6 cm³/mol. The summed E-state index contributed by atoms with van der Waals surface area (Å²) in [6.45, 7) is 3.17. The van der Waals surface area contributed by atoms with Crippen molar-refractivity contribution < 1.29 is 25.6 Å². The first-order chi connectivity index (χ1) is 12.6. The summed E-state index contributed by atoms with van der Waals surface area (Å²) in [5, 5.41) is 0. The van der Waals surface area contributed by atoms with Crippen LogP contribution in [-0.2, 0) is 20.0 Å². The molecule has 1 aliphatic rings. The molecule has 3 rings (SSSR count). The molecule has 0 saturated carbocycles. The standard InChI is InChI=1S/C17H16F2N2O4S2/c1-13-10-20(26(22,23)16-6-2-14(18)3-7-16)12-21(11-13)27(24,25)17-8-4-15(19)5-9-17/h2-9H,1,10-12H2. The predicted octanol–water partition coefficient (Wildman–Crippen LogP) is 2.17. The van der Waals surface area contributed by atoms with Crippen LogP contribution in [0.15, 0.2) is 70.5 Å². The van der Waals surface area contributed by atoms with Gasteiger partial charge < -0.3 is 0 Å². The molecule has 0 aliphatic carbocycles. The highest BCUT2D eigenvalue weighted by molar-refractivity contribution is 7.90. The summed E-state index contributed by atoms with van der Waals surface area (Å²) in [5.74, 6) is -1.17. The third-order valence-corrected chi connectivity index (χ3v) is 7.60. The molecule has 10 heteroatoms. The molecule has 1 aliphatic heterocycles. The molecule has 6 nitrogen and oxygen atoms in total. The molecule has 0 bridgehead atoms. The van der Waals surface area contributed by atoms with E-state index >= 15 is 0 Å². The molecule has 0 unspecified atom stereocenters. The number of halogens is 2. The molecule has 0 radical (unpaired) electrons. The van der Waals surface area contributed by atoms with E-state index in [0.717, 1.165) is 57.1 Å². The zero-order valence-corrected chi connectivity index (χ0v) is 15.7. The number of hydrogen-bond donors (Lipinski definition) is 0. The first-order valence-electron chi connectivity index (χ1n) is 7.79. The van der Waals surface area contributed by atoms with Crippen LogP contribution in [0.1, 0.15) is 0 Å². The molecule has 0 amide bonds. The minimum atomic E-state index is -4.05. The molecule has 0 spiro atoms. The minimum Gasteiger partial charge on any atom is -0.207 e. The number of benzene rings is 2. The molecular formula is C17H16F2N2O4S2. The molecule has 1 saturated heterocycles. The quantitative estimate of drug-likeness (QED) is 0.719. The third kappa shape index (κ3) is 3.93. The van der Waals surface area contributed by atoms with Gasteiger partial charge >= 0.3 is 0 Å². The Morgan fingerprint density at radius 1 is 0.704 bits per heavy atom. The first-order valence-corrected chi connectivity index (χ1v) is 10.7. The molecule has 0 N–H and O–H groups in total. The van der Waals surface area contributed by atoms with Gasteiger partial charge in [0.1, 0.15) is 11.6 Å². The van der Waals surface area contributed by atoms with E-state index < -0.39 is 38.3 Å². The molecule has 2 aromatic carbocycles. The number of sulfonamides is 2. The largest absolute Gasteiger partial charge is 0.244 e. The van der Waals surface area contributed by atoms with Gasteiger partial charge in [-0.25, -0.2) is 25.6 Å². The summed E-state index contributed by atoms with van der Waals surface area (Å²) in [4.78, 5) is -0.310. The van der Waals surface area contributed by atoms with Crippen molar-refractivity contribution >= 4 is 20.0 Å². The highest BCUT2D eigenvalue weighted by Crippen LogP contribution is 2.25. The number of rotatable bonds is 4. The van der Waals surface area contributed by atoms with Gasteiger partial charge in [-0.1, -0.05) is 6.58 Å². The lowest BCUT2D eigenvalue weighted by atomic mass is 10.3. The normalized spacial score (nSPS) is 17.2. The Balaban J connectivity index is 1.93. The second-order valence-electron chi connectivity index (χ2n) is 6.03. The van der Waals surface area contributed by atoms with Crippen molar-refractivity contribution in [1.29, 1.82) is 0 Å². The Kier molecular flexibility index (Phi) is 5.17. The Morgan fingerprint density at radius 2 is 1.04 bits per heavy atom. The van der Waals surface area contributed by atoms with E-state index in [9.17, 15) is 25.6 Å². The van der Waals surface area contributed by atoms with Gasteiger partial charge in [0.2, 0.25) is 20.0 Å². The SMILES string of the molecule is C=C1CN(S(=O)(=O)c2ccc(F)cc2)CN(S(=O)(=O)c2ccc(F)cc2)C1. The lowest BCUT2D eigenvalue weighted by molar-refractivity contribution is 0.272. The van der Waals surface area contributed by atoms with E-state index in [4.69, 9.17) is 0 Å². The van der Waals surface area contributed by atoms with Crippen molar-refractivity contribution in [3.8, 4) is 0 Å². The zero-order valence-electron chi connectivity index (χ0n) is 14.0. The average molecular weight is 414 g/mol. The molecule has 1 heterocycles. The van der Waals surface area contributed by atoms with E-state index in [-0.39, 0.29) is 22.9 Å². The van der Waals surface area contributed by atoms with Crippen LogP contribution in [0.3, 0.4) is 0 Å².